The minimum absolute atomic E-state index is 0.161. The first-order valence-corrected chi connectivity index (χ1v) is 8.12. The Bertz CT molecular complexity index is 939. The fourth-order valence-electron chi connectivity index (χ4n) is 2.17. The van der Waals surface area contributed by atoms with Crippen molar-refractivity contribution in [3.05, 3.63) is 56.8 Å². The van der Waals surface area contributed by atoms with E-state index in [-0.39, 0.29) is 15.7 Å². The van der Waals surface area contributed by atoms with Gasteiger partial charge in [0, 0.05) is 9.92 Å². The Morgan fingerprint density at radius 1 is 1.17 bits per heavy atom. The number of aromatic nitrogens is 1. The summed E-state index contributed by atoms with van der Waals surface area (Å²) >= 11 is 13.2. The number of aromatic hydroxyl groups is 1. The Morgan fingerprint density at radius 3 is 2.52 bits per heavy atom. The molecule has 118 valence electrons. The number of fused-ring (bicyclic) bond motifs is 1. The van der Waals surface area contributed by atoms with Gasteiger partial charge in [-0.15, -0.1) is 0 Å². The van der Waals surface area contributed by atoms with E-state index < -0.39 is 5.56 Å². The molecule has 0 radical (unpaired) electrons. The van der Waals surface area contributed by atoms with Crippen LogP contribution in [-0.2, 0) is 0 Å². The second-order valence-corrected chi connectivity index (χ2v) is 6.65. The van der Waals surface area contributed by atoms with Crippen molar-refractivity contribution < 1.29 is 9.84 Å². The third-order valence-corrected chi connectivity index (χ3v) is 4.85. The maximum Gasteiger partial charge on any atom is 0.266 e. The Balaban J connectivity index is 2.11. The molecule has 3 aromatic rings. The van der Waals surface area contributed by atoms with E-state index in [1.54, 1.807) is 37.4 Å². The molecule has 23 heavy (non-hydrogen) atoms. The SMILES string of the molecule is COc1ccc(Sc2c(O)c3c(Cl)cc(Cl)cc3[nH]c2=O)cc1. The van der Waals surface area contributed by atoms with Gasteiger partial charge in [0.25, 0.3) is 5.56 Å². The summed E-state index contributed by atoms with van der Waals surface area (Å²) in [6, 6.07) is 10.2. The Morgan fingerprint density at radius 2 is 1.87 bits per heavy atom. The van der Waals surface area contributed by atoms with Crippen LogP contribution in [0.1, 0.15) is 0 Å². The van der Waals surface area contributed by atoms with Gasteiger partial charge in [0.1, 0.15) is 16.4 Å². The molecule has 0 aliphatic heterocycles. The van der Waals surface area contributed by atoms with E-state index in [9.17, 15) is 9.90 Å². The van der Waals surface area contributed by atoms with Gasteiger partial charge in [-0.25, -0.2) is 0 Å². The fourth-order valence-corrected chi connectivity index (χ4v) is 3.60. The number of rotatable bonds is 3. The number of H-pyrrole nitrogens is 1. The Kier molecular flexibility index (Phi) is 4.43. The summed E-state index contributed by atoms with van der Waals surface area (Å²) in [5.74, 6) is 0.551. The number of aromatic amines is 1. The van der Waals surface area contributed by atoms with Gasteiger partial charge < -0.3 is 14.8 Å². The zero-order valence-corrected chi connectivity index (χ0v) is 14.2. The van der Waals surface area contributed by atoms with Crippen LogP contribution in [0.15, 0.2) is 51.0 Å². The van der Waals surface area contributed by atoms with Crippen LogP contribution in [0.25, 0.3) is 10.9 Å². The maximum atomic E-state index is 12.3. The molecule has 0 aliphatic carbocycles. The first kappa shape index (κ1) is 16.1. The third kappa shape index (κ3) is 3.13. The Labute approximate surface area is 146 Å². The molecule has 2 aromatic carbocycles. The average Bonchev–Trinajstić information content (AvgIpc) is 2.51. The van der Waals surface area contributed by atoms with E-state index >= 15 is 0 Å². The first-order valence-electron chi connectivity index (χ1n) is 6.55. The van der Waals surface area contributed by atoms with Gasteiger partial charge in [-0.2, -0.15) is 0 Å². The predicted octanol–water partition coefficient (Wildman–Crippen LogP) is 4.70. The number of pyridine rings is 1. The lowest BCUT2D eigenvalue weighted by atomic mass is 10.2. The number of ether oxygens (including phenoxy) is 1. The summed E-state index contributed by atoms with van der Waals surface area (Å²) in [5, 5.41) is 11.5. The molecular weight excluding hydrogens is 357 g/mol. The number of nitrogens with one attached hydrogen (secondary N) is 1. The normalized spacial score (nSPS) is 10.9. The highest BCUT2D eigenvalue weighted by Crippen LogP contribution is 2.39. The molecule has 0 aliphatic rings. The molecule has 1 heterocycles. The molecule has 0 unspecified atom stereocenters. The molecule has 0 amide bonds. The van der Waals surface area contributed by atoms with Gasteiger partial charge in [0.15, 0.2) is 0 Å². The highest BCUT2D eigenvalue weighted by molar-refractivity contribution is 7.99. The van der Waals surface area contributed by atoms with Crippen LogP contribution >= 0.6 is 35.0 Å². The van der Waals surface area contributed by atoms with Crippen LogP contribution in [0.4, 0.5) is 0 Å². The monoisotopic (exact) mass is 367 g/mol. The largest absolute Gasteiger partial charge is 0.506 e. The number of benzene rings is 2. The van der Waals surface area contributed by atoms with E-state index in [0.29, 0.717) is 21.7 Å². The van der Waals surface area contributed by atoms with E-state index in [4.69, 9.17) is 27.9 Å². The van der Waals surface area contributed by atoms with Crippen molar-refractivity contribution in [2.75, 3.05) is 7.11 Å². The lowest BCUT2D eigenvalue weighted by Crippen LogP contribution is -2.08. The van der Waals surface area contributed by atoms with Crippen LogP contribution in [0.3, 0.4) is 0 Å². The summed E-state index contributed by atoms with van der Waals surface area (Å²) in [6.45, 7) is 0. The number of methoxy groups -OCH3 is 1. The average molecular weight is 368 g/mol. The lowest BCUT2D eigenvalue weighted by Gasteiger charge is -2.09. The van der Waals surface area contributed by atoms with Crippen molar-refractivity contribution in [3.8, 4) is 11.5 Å². The molecule has 0 atom stereocenters. The minimum Gasteiger partial charge on any atom is -0.506 e. The van der Waals surface area contributed by atoms with Crippen molar-refractivity contribution in [2.45, 2.75) is 9.79 Å². The van der Waals surface area contributed by atoms with E-state index in [1.165, 1.54) is 6.07 Å². The quantitative estimate of drug-likeness (QED) is 0.704. The molecule has 4 nitrogen and oxygen atoms in total. The van der Waals surface area contributed by atoms with Crippen LogP contribution < -0.4 is 10.3 Å². The second-order valence-electron chi connectivity index (χ2n) is 4.72. The molecule has 0 saturated carbocycles. The van der Waals surface area contributed by atoms with E-state index in [0.717, 1.165) is 16.7 Å². The van der Waals surface area contributed by atoms with Crippen molar-refractivity contribution in [3.63, 3.8) is 0 Å². The van der Waals surface area contributed by atoms with Crippen LogP contribution in [0.5, 0.6) is 11.5 Å². The molecule has 0 fully saturated rings. The summed E-state index contributed by atoms with van der Waals surface area (Å²) in [5.41, 5.74) is -0.0155. The molecule has 2 N–H and O–H groups in total. The standard InChI is InChI=1S/C16H11Cl2NO3S/c1-22-9-2-4-10(5-3-9)23-15-14(20)13-11(18)6-8(17)7-12(13)19-16(15)21/h2-7H,1H3,(H2,19,20,21). The molecule has 7 heteroatoms. The third-order valence-electron chi connectivity index (χ3n) is 3.24. The van der Waals surface area contributed by atoms with Gasteiger partial charge in [-0.05, 0) is 36.4 Å². The van der Waals surface area contributed by atoms with Gasteiger partial charge >= 0.3 is 0 Å². The Hall–Kier alpha value is -1.82. The maximum absolute atomic E-state index is 12.3. The molecule has 0 saturated heterocycles. The van der Waals surface area contributed by atoms with Crippen molar-refractivity contribution >= 4 is 45.9 Å². The number of hydrogen-bond donors (Lipinski definition) is 2. The number of halogens is 2. The lowest BCUT2D eigenvalue weighted by molar-refractivity contribution is 0.414. The number of hydrogen-bond acceptors (Lipinski definition) is 4. The summed E-state index contributed by atoms with van der Waals surface area (Å²) in [6.07, 6.45) is 0. The summed E-state index contributed by atoms with van der Waals surface area (Å²) in [7, 11) is 1.58. The summed E-state index contributed by atoms with van der Waals surface area (Å²) < 4.78 is 5.09. The van der Waals surface area contributed by atoms with Gasteiger partial charge in [0.2, 0.25) is 0 Å². The molecular formula is C16H11Cl2NO3S. The first-order chi connectivity index (χ1) is 11.0. The zero-order chi connectivity index (χ0) is 16.6. The molecule has 3 rings (SSSR count). The minimum atomic E-state index is -0.408. The van der Waals surface area contributed by atoms with Crippen LogP contribution in [0, 0.1) is 0 Å². The van der Waals surface area contributed by atoms with Crippen LogP contribution in [-0.4, -0.2) is 17.2 Å². The molecule has 0 bridgehead atoms. The topological polar surface area (TPSA) is 62.3 Å². The highest BCUT2D eigenvalue weighted by atomic mass is 35.5. The van der Waals surface area contributed by atoms with E-state index in [2.05, 4.69) is 4.98 Å². The van der Waals surface area contributed by atoms with Gasteiger partial charge in [0.05, 0.1) is 23.0 Å². The zero-order valence-electron chi connectivity index (χ0n) is 11.9. The van der Waals surface area contributed by atoms with Gasteiger partial charge in [-0.1, -0.05) is 35.0 Å². The van der Waals surface area contributed by atoms with Gasteiger partial charge in [-0.3, -0.25) is 4.79 Å². The second kappa shape index (κ2) is 6.35. The fraction of sp³-hybridized carbons (Fsp3) is 0.0625. The van der Waals surface area contributed by atoms with Crippen molar-refractivity contribution in [1.29, 1.82) is 0 Å². The highest BCUT2D eigenvalue weighted by Gasteiger charge is 2.16. The summed E-state index contributed by atoms with van der Waals surface area (Å²) in [4.78, 5) is 15.9. The van der Waals surface area contributed by atoms with E-state index in [1.807, 2.05) is 0 Å². The van der Waals surface area contributed by atoms with Crippen molar-refractivity contribution in [2.24, 2.45) is 0 Å². The van der Waals surface area contributed by atoms with Crippen molar-refractivity contribution in [1.82, 2.24) is 4.98 Å². The molecule has 0 spiro atoms. The van der Waals surface area contributed by atoms with Crippen LogP contribution in [0.2, 0.25) is 10.0 Å². The smallest absolute Gasteiger partial charge is 0.266 e. The predicted molar refractivity (Wildman–Crippen MR) is 93.4 cm³/mol. The molecule has 1 aromatic heterocycles.